The number of unbranched alkanes of at least 4 members (excludes halogenated alkanes) is 1. The van der Waals surface area contributed by atoms with Gasteiger partial charge in [-0.15, -0.1) is 0 Å². The summed E-state index contributed by atoms with van der Waals surface area (Å²) in [6.45, 7) is 2.78. The van der Waals surface area contributed by atoms with E-state index in [1.165, 1.54) is 6.20 Å². The smallest absolute Gasteiger partial charge is 0.234 e. The Labute approximate surface area is 71.8 Å². The molecule has 2 N–H and O–H groups in total. The van der Waals surface area contributed by atoms with Crippen LogP contribution in [-0.4, -0.2) is 16.6 Å². The minimum atomic E-state index is 0.393. The summed E-state index contributed by atoms with van der Waals surface area (Å²) in [5.74, 6) is 0.896. The van der Waals surface area contributed by atoms with Crippen LogP contribution in [0.3, 0.4) is 0 Å². The van der Waals surface area contributed by atoms with Gasteiger partial charge in [0.05, 0.1) is 19.0 Å². The van der Waals surface area contributed by atoms with Crippen LogP contribution in [0.4, 0.5) is 5.82 Å². The number of anilines is 1. The number of hydrogen-bond donors (Lipinski definition) is 1. The summed E-state index contributed by atoms with van der Waals surface area (Å²) in [7, 11) is 0. The van der Waals surface area contributed by atoms with Gasteiger partial charge < -0.3 is 10.5 Å². The zero-order valence-electron chi connectivity index (χ0n) is 7.16. The maximum atomic E-state index is 5.41. The van der Waals surface area contributed by atoms with Crippen molar-refractivity contribution in [3.8, 4) is 5.88 Å². The molecule has 66 valence electrons. The SMILES string of the molecule is CCCCOc1cncc(N)n1. The molecule has 0 bridgehead atoms. The molecule has 1 aromatic heterocycles. The van der Waals surface area contributed by atoms with Crippen LogP contribution in [0.5, 0.6) is 5.88 Å². The first kappa shape index (κ1) is 8.77. The van der Waals surface area contributed by atoms with Crippen LogP contribution in [0, 0.1) is 0 Å². The third-order valence-corrected chi connectivity index (χ3v) is 1.38. The fourth-order valence-corrected chi connectivity index (χ4v) is 0.753. The molecule has 0 aromatic carbocycles. The van der Waals surface area contributed by atoms with Gasteiger partial charge >= 0.3 is 0 Å². The van der Waals surface area contributed by atoms with Gasteiger partial charge in [0.25, 0.3) is 0 Å². The number of nitrogens with two attached hydrogens (primary N) is 1. The first-order valence-electron chi connectivity index (χ1n) is 4.03. The maximum absolute atomic E-state index is 5.41. The first-order chi connectivity index (χ1) is 5.83. The second kappa shape index (κ2) is 4.54. The van der Waals surface area contributed by atoms with Gasteiger partial charge in [0.15, 0.2) is 0 Å². The second-order valence-electron chi connectivity index (χ2n) is 2.48. The number of nitrogens with zero attached hydrogens (tertiary/aromatic N) is 2. The molecular weight excluding hydrogens is 154 g/mol. The van der Waals surface area contributed by atoms with Crippen molar-refractivity contribution in [2.45, 2.75) is 19.8 Å². The molecule has 4 heteroatoms. The molecule has 0 aliphatic rings. The van der Waals surface area contributed by atoms with Gasteiger partial charge in [-0.05, 0) is 6.42 Å². The molecule has 0 unspecified atom stereocenters. The molecule has 4 nitrogen and oxygen atoms in total. The summed E-state index contributed by atoms with van der Waals surface area (Å²) in [6.07, 6.45) is 5.19. The van der Waals surface area contributed by atoms with Crippen molar-refractivity contribution in [3.63, 3.8) is 0 Å². The molecule has 12 heavy (non-hydrogen) atoms. The van der Waals surface area contributed by atoms with E-state index in [9.17, 15) is 0 Å². The zero-order chi connectivity index (χ0) is 8.81. The Morgan fingerprint density at radius 1 is 1.50 bits per heavy atom. The van der Waals surface area contributed by atoms with Gasteiger partial charge in [0, 0.05) is 0 Å². The van der Waals surface area contributed by atoms with Crippen LogP contribution in [0.25, 0.3) is 0 Å². The molecule has 0 atom stereocenters. The highest BCUT2D eigenvalue weighted by Crippen LogP contribution is 2.06. The van der Waals surface area contributed by atoms with Crippen LogP contribution >= 0.6 is 0 Å². The lowest BCUT2D eigenvalue weighted by Gasteiger charge is -2.02. The Morgan fingerprint density at radius 2 is 2.33 bits per heavy atom. The van der Waals surface area contributed by atoms with Crippen molar-refractivity contribution in [3.05, 3.63) is 12.4 Å². The molecular formula is C8H13N3O. The van der Waals surface area contributed by atoms with Crippen molar-refractivity contribution in [2.75, 3.05) is 12.3 Å². The van der Waals surface area contributed by atoms with Crippen molar-refractivity contribution in [1.29, 1.82) is 0 Å². The average Bonchev–Trinajstić information content (AvgIpc) is 2.05. The summed E-state index contributed by atoms with van der Waals surface area (Å²) in [4.78, 5) is 7.79. The molecule has 0 aliphatic carbocycles. The Bertz CT molecular complexity index is 239. The van der Waals surface area contributed by atoms with Crippen LogP contribution in [0.15, 0.2) is 12.4 Å². The standard InChI is InChI=1S/C8H13N3O/c1-2-3-4-12-8-6-10-5-7(9)11-8/h5-6H,2-4H2,1H3,(H2,9,11). The van der Waals surface area contributed by atoms with Gasteiger partial charge in [0.1, 0.15) is 5.82 Å². The molecule has 1 aromatic rings. The van der Waals surface area contributed by atoms with Gasteiger partial charge in [0.2, 0.25) is 5.88 Å². The molecule has 0 fully saturated rings. The summed E-state index contributed by atoms with van der Waals surface area (Å²) in [5, 5.41) is 0. The van der Waals surface area contributed by atoms with Gasteiger partial charge in [-0.3, -0.25) is 4.98 Å². The van der Waals surface area contributed by atoms with Crippen molar-refractivity contribution < 1.29 is 4.74 Å². The highest BCUT2D eigenvalue weighted by Gasteiger charge is 1.94. The van der Waals surface area contributed by atoms with E-state index in [1.807, 2.05) is 0 Å². The van der Waals surface area contributed by atoms with E-state index in [0.717, 1.165) is 12.8 Å². The van der Waals surface area contributed by atoms with Crippen LogP contribution in [0.1, 0.15) is 19.8 Å². The van der Waals surface area contributed by atoms with E-state index in [0.29, 0.717) is 18.3 Å². The summed E-state index contributed by atoms with van der Waals surface area (Å²) in [5.41, 5.74) is 5.41. The molecule has 1 rings (SSSR count). The predicted octanol–water partition coefficient (Wildman–Crippen LogP) is 1.24. The summed E-state index contributed by atoms with van der Waals surface area (Å²) < 4.78 is 5.27. The number of ether oxygens (including phenoxy) is 1. The van der Waals surface area contributed by atoms with Gasteiger partial charge in [-0.2, -0.15) is 4.98 Å². The minimum Gasteiger partial charge on any atom is -0.477 e. The van der Waals surface area contributed by atoms with Crippen molar-refractivity contribution in [2.24, 2.45) is 0 Å². The van der Waals surface area contributed by atoms with E-state index in [4.69, 9.17) is 10.5 Å². The van der Waals surface area contributed by atoms with E-state index in [-0.39, 0.29) is 0 Å². The molecule has 0 saturated carbocycles. The number of rotatable bonds is 4. The fourth-order valence-electron chi connectivity index (χ4n) is 0.753. The van der Waals surface area contributed by atoms with Crippen molar-refractivity contribution >= 4 is 5.82 Å². The minimum absolute atomic E-state index is 0.393. The second-order valence-corrected chi connectivity index (χ2v) is 2.48. The summed E-state index contributed by atoms with van der Waals surface area (Å²) in [6, 6.07) is 0. The molecule has 0 spiro atoms. The van der Waals surface area contributed by atoms with Gasteiger partial charge in [-0.25, -0.2) is 0 Å². The quantitative estimate of drug-likeness (QED) is 0.685. The van der Waals surface area contributed by atoms with E-state index < -0.39 is 0 Å². The first-order valence-corrected chi connectivity index (χ1v) is 4.03. The highest BCUT2D eigenvalue weighted by atomic mass is 16.5. The third kappa shape index (κ3) is 2.74. The van der Waals surface area contributed by atoms with Crippen LogP contribution in [0.2, 0.25) is 0 Å². The Hall–Kier alpha value is -1.32. The van der Waals surface area contributed by atoms with E-state index in [1.54, 1.807) is 6.20 Å². The summed E-state index contributed by atoms with van der Waals surface area (Å²) >= 11 is 0. The lowest BCUT2D eigenvalue weighted by molar-refractivity contribution is 0.297. The van der Waals surface area contributed by atoms with Crippen molar-refractivity contribution in [1.82, 2.24) is 9.97 Å². The zero-order valence-corrected chi connectivity index (χ0v) is 7.16. The van der Waals surface area contributed by atoms with Gasteiger partial charge in [-0.1, -0.05) is 13.3 Å². The molecule has 0 amide bonds. The van der Waals surface area contributed by atoms with Crippen LogP contribution in [-0.2, 0) is 0 Å². The Balaban J connectivity index is 2.41. The van der Waals surface area contributed by atoms with Crippen LogP contribution < -0.4 is 10.5 Å². The molecule has 0 aliphatic heterocycles. The number of aromatic nitrogens is 2. The Kier molecular flexibility index (Phi) is 3.32. The number of hydrogen-bond acceptors (Lipinski definition) is 4. The monoisotopic (exact) mass is 167 g/mol. The molecule has 0 radical (unpaired) electrons. The lowest BCUT2D eigenvalue weighted by atomic mass is 10.4. The Morgan fingerprint density at radius 3 is 3.00 bits per heavy atom. The molecule has 1 heterocycles. The van der Waals surface area contributed by atoms with E-state index in [2.05, 4.69) is 16.9 Å². The molecule has 0 saturated heterocycles. The normalized spacial score (nSPS) is 9.75. The average molecular weight is 167 g/mol. The van der Waals surface area contributed by atoms with E-state index >= 15 is 0 Å². The lowest BCUT2D eigenvalue weighted by Crippen LogP contribution is -2.00. The largest absolute Gasteiger partial charge is 0.477 e. The highest BCUT2D eigenvalue weighted by molar-refractivity contribution is 5.25. The number of nitrogen functional groups attached to an aromatic ring is 1. The third-order valence-electron chi connectivity index (χ3n) is 1.38. The maximum Gasteiger partial charge on any atom is 0.234 e. The topological polar surface area (TPSA) is 61.0 Å². The predicted molar refractivity (Wildman–Crippen MR) is 46.8 cm³/mol. The fraction of sp³-hybridized carbons (Fsp3) is 0.500.